The van der Waals surface area contributed by atoms with Gasteiger partial charge in [-0.25, -0.2) is 23.4 Å². The zero-order valence-corrected chi connectivity index (χ0v) is 13.5. The van der Waals surface area contributed by atoms with Crippen molar-refractivity contribution in [1.82, 2.24) is 19.5 Å². The number of fused-ring (bicyclic) bond motifs is 1. The van der Waals surface area contributed by atoms with Crippen LogP contribution in [-0.4, -0.2) is 39.1 Å². The Kier molecular flexibility index (Phi) is 4.08. The zero-order chi connectivity index (χ0) is 17.3. The van der Waals surface area contributed by atoms with E-state index in [0.29, 0.717) is 5.75 Å². The normalized spacial score (nSPS) is 11.8. The van der Waals surface area contributed by atoms with Gasteiger partial charge in [0.2, 0.25) is 5.16 Å². The molecule has 0 bridgehead atoms. The molecule has 0 spiro atoms. The minimum Gasteiger partial charge on any atom is -0.742 e. The lowest BCUT2D eigenvalue weighted by molar-refractivity contribution is 0.292. The number of hydrogen-bond acceptors (Lipinski definition) is 8. The van der Waals surface area contributed by atoms with Crippen molar-refractivity contribution in [3.8, 4) is 5.75 Å². The molecule has 2 N–H and O–H groups in total. The first kappa shape index (κ1) is 16.1. The summed E-state index contributed by atoms with van der Waals surface area (Å²) in [5, 5.41) is -0.655. The largest absolute Gasteiger partial charge is 0.742 e. The van der Waals surface area contributed by atoms with E-state index in [0.717, 1.165) is 5.56 Å². The molecule has 0 aliphatic rings. The molecule has 3 aromatic rings. The molecule has 0 aliphatic carbocycles. The highest BCUT2D eigenvalue weighted by molar-refractivity contribution is 7.85. The number of anilines is 1. The number of nitrogens with zero attached hydrogens (tertiary/aromatic N) is 4. The van der Waals surface area contributed by atoms with Gasteiger partial charge in [-0.3, -0.25) is 4.57 Å². The number of ether oxygens (including phenoxy) is 1. The van der Waals surface area contributed by atoms with E-state index in [2.05, 4.69) is 15.0 Å². The van der Waals surface area contributed by atoms with E-state index in [1.54, 1.807) is 6.07 Å². The fourth-order valence-electron chi connectivity index (χ4n) is 2.29. The highest BCUT2D eigenvalue weighted by Crippen LogP contribution is 2.21. The van der Waals surface area contributed by atoms with Crippen LogP contribution in [0, 0.1) is 6.92 Å². The van der Waals surface area contributed by atoms with Gasteiger partial charge < -0.3 is 15.0 Å². The van der Waals surface area contributed by atoms with E-state index in [1.807, 2.05) is 25.1 Å². The molecule has 0 saturated heterocycles. The summed E-state index contributed by atoms with van der Waals surface area (Å²) in [5.41, 5.74) is 6.85. The number of aromatic nitrogens is 4. The molecule has 0 amide bonds. The van der Waals surface area contributed by atoms with Crippen LogP contribution in [0.5, 0.6) is 5.75 Å². The van der Waals surface area contributed by atoms with Gasteiger partial charge >= 0.3 is 0 Å². The van der Waals surface area contributed by atoms with Gasteiger partial charge in [0, 0.05) is 0 Å². The molecule has 0 unspecified atom stereocenters. The van der Waals surface area contributed by atoms with Crippen molar-refractivity contribution >= 4 is 27.1 Å². The van der Waals surface area contributed by atoms with Crippen LogP contribution in [0.4, 0.5) is 5.82 Å². The summed E-state index contributed by atoms with van der Waals surface area (Å²) in [6.07, 6.45) is 1.18. The van der Waals surface area contributed by atoms with E-state index in [1.165, 1.54) is 10.9 Å². The summed E-state index contributed by atoms with van der Waals surface area (Å²) < 4.78 is 41.2. The Morgan fingerprint density at radius 3 is 2.75 bits per heavy atom. The van der Waals surface area contributed by atoms with Crippen LogP contribution in [0.15, 0.2) is 35.7 Å². The Morgan fingerprint density at radius 2 is 2.04 bits per heavy atom. The van der Waals surface area contributed by atoms with Crippen molar-refractivity contribution < 1.29 is 17.7 Å². The summed E-state index contributed by atoms with van der Waals surface area (Å²) >= 11 is 0. The third-order valence-electron chi connectivity index (χ3n) is 3.41. The molecule has 0 atom stereocenters. The van der Waals surface area contributed by atoms with Crippen LogP contribution in [0.3, 0.4) is 0 Å². The van der Waals surface area contributed by atoms with Gasteiger partial charge in [0.1, 0.15) is 18.7 Å². The third kappa shape index (κ3) is 3.01. The molecule has 10 heteroatoms. The van der Waals surface area contributed by atoms with Gasteiger partial charge in [-0.2, -0.15) is 0 Å². The minimum atomic E-state index is -4.79. The average molecular weight is 348 g/mol. The molecule has 1 aromatic carbocycles. The highest BCUT2D eigenvalue weighted by Gasteiger charge is 2.19. The monoisotopic (exact) mass is 348 g/mol. The lowest BCUT2D eigenvalue weighted by Crippen LogP contribution is -2.15. The fraction of sp³-hybridized carbons (Fsp3) is 0.214. The molecule has 3 rings (SSSR count). The number of para-hydroxylation sites is 1. The second kappa shape index (κ2) is 6.06. The topological polar surface area (TPSA) is 136 Å². The second-order valence-electron chi connectivity index (χ2n) is 5.05. The van der Waals surface area contributed by atoms with Crippen LogP contribution >= 0.6 is 0 Å². The van der Waals surface area contributed by atoms with E-state index >= 15 is 0 Å². The van der Waals surface area contributed by atoms with Gasteiger partial charge in [0.25, 0.3) is 0 Å². The number of rotatable bonds is 5. The summed E-state index contributed by atoms with van der Waals surface area (Å²) in [7, 11) is -4.79. The Morgan fingerprint density at radius 1 is 1.29 bits per heavy atom. The summed E-state index contributed by atoms with van der Waals surface area (Å²) in [6, 6.07) is 7.40. The highest BCUT2D eigenvalue weighted by atomic mass is 32.2. The van der Waals surface area contributed by atoms with Gasteiger partial charge in [-0.1, -0.05) is 18.2 Å². The van der Waals surface area contributed by atoms with Crippen LogP contribution in [0.1, 0.15) is 5.56 Å². The van der Waals surface area contributed by atoms with Crippen molar-refractivity contribution in [2.45, 2.75) is 18.6 Å². The van der Waals surface area contributed by atoms with Crippen LogP contribution in [0.2, 0.25) is 0 Å². The fourth-order valence-corrected chi connectivity index (χ4v) is 2.94. The van der Waals surface area contributed by atoms with E-state index < -0.39 is 15.3 Å². The van der Waals surface area contributed by atoms with Gasteiger partial charge in [-0.05, 0) is 18.6 Å². The van der Waals surface area contributed by atoms with Crippen LogP contribution in [0.25, 0.3) is 11.2 Å². The maximum atomic E-state index is 11.5. The number of benzene rings is 1. The van der Waals surface area contributed by atoms with Gasteiger partial charge in [0.15, 0.2) is 27.1 Å². The number of nitrogens with two attached hydrogens (primary N) is 1. The molecule has 0 fully saturated rings. The molecule has 0 saturated carbocycles. The van der Waals surface area contributed by atoms with Crippen molar-refractivity contribution in [3.05, 3.63) is 36.2 Å². The maximum absolute atomic E-state index is 11.5. The Labute approximate surface area is 137 Å². The maximum Gasteiger partial charge on any atom is 0.217 e. The average Bonchev–Trinajstić information content (AvgIpc) is 2.90. The Hall–Kier alpha value is -2.72. The van der Waals surface area contributed by atoms with Crippen molar-refractivity contribution in [2.75, 3.05) is 12.3 Å². The third-order valence-corrected chi connectivity index (χ3v) is 4.17. The lowest BCUT2D eigenvalue weighted by Gasteiger charge is -2.12. The minimum absolute atomic E-state index is 0.00321. The van der Waals surface area contributed by atoms with Crippen molar-refractivity contribution in [3.63, 3.8) is 0 Å². The SMILES string of the molecule is Cc1ccccc1OCCn1c(S(=O)(=O)[O-])nc2c(N)ncnc21. The molecular weight excluding hydrogens is 334 g/mol. The van der Waals surface area contributed by atoms with Gasteiger partial charge in [0.05, 0.1) is 6.54 Å². The Balaban J connectivity index is 1.93. The molecule has 2 aromatic heterocycles. The second-order valence-corrected chi connectivity index (χ2v) is 6.32. The standard InChI is InChI=1S/C14H15N5O4S/c1-9-4-2-3-5-10(9)23-7-6-19-13-11(12(15)16-8-17-13)18-14(19)24(20,21)22/h2-5,8H,6-7H2,1H3,(H2,15,16,17)(H,20,21,22)/p-1. The van der Waals surface area contributed by atoms with Crippen molar-refractivity contribution in [2.24, 2.45) is 0 Å². The van der Waals surface area contributed by atoms with E-state index in [-0.39, 0.29) is 30.1 Å². The lowest BCUT2D eigenvalue weighted by atomic mass is 10.2. The first-order valence-corrected chi connectivity index (χ1v) is 8.40. The van der Waals surface area contributed by atoms with E-state index in [4.69, 9.17) is 10.5 Å². The van der Waals surface area contributed by atoms with Crippen molar-refractivity contribution in [1.29, 1.82) is 0 Å². The molecule has 126 valence electrons. The number of imidazole rings is 1. The summed E-state index contributed by atoms with van der Waals surface area (Å²) in [6.45, 7) is 2.09. The molecular formula is C14H14N5O4S-. The predicted molar refractivity (Wildman–Crippen MR) is 84.4 cm³/mol. The molecule has 0 radical (unpaired) electrons. The van der Waals surface area contributed by atoms with Gasteiger partial charge in [-0.15, -0.1) is 0 Å². The first-order chi connectivity index (χ1) is 11.4. The molecule has 0 aliphatic heterocycles. The Bertz CT molecular complexity index is 1000. The molecule has 9 nitrogen and oxygen atoms in total. The molecule has 2 heterocycles. The summed E-state index contributed by atoms with van der Waals surface area (Å²) in [5.74, 6) is 0.672. The quantitative estimate of drug-likeness (QED) is 0.665. The summed E-state index contributed by atoms with van der Waals surface area (Å²) in [4.78, 5) is 11.5. The number of aryl methyl sites for hydroxylation is 1. The number of nitrogen functional groups attached to an aromatic ring is 1. The predicted octanol–water partition coefficient (Wildman–Crippen LogP) is 0.700. The first-order valence-electron chi connectivity index (χ1n) is 6.99. The molecule has 24 heavy (non-hydrogen) atoms. The number of hydrogen-bond donors (Lipinski definition) is 1. The van der Waals surface area contributed by atoms with Crippen LogP contribution in [-0.2, 0) is 16.7 Å². The van der Waals surface area contributed by atoms with E-state index in [9.17, 15) is 13.0 Å². The van der Waals surface area contributed by atoms with Crippen LogP contribution < -0.4 is 10.5 Å². The smallest absolute Gasteiger partial charge is 0.217 e. The zero-order valence-electron chi connectivity index (χ0n) is 12.7.